The van der Waals surface area contributed by atoms with Crippen molar-refractivity contribution in [2.45, 2.75) is 13.3 Å². The maximum atomic E-state index is 11.2. The number of hydrogen-bond donors (Lipinski definition) is 1. The van der Waals surface area contributed by atoms with Crippen LogP contribution in [-0.4, -0.2) is 35.9 Å². The molecule has 17 heavy (non-hydrogen) atoms. The Morgan fingerprint density at radius 1 is 1.53 bits per heavy atom. The van der Waals surface area contributed by atoms with Crippen molar-refractivity contribution < 1.29 is 19.1 Å². The zero-order chi connectivity index (χ0) is 12.7. The van der Waals surface area contributed by atoms with E-state index >= 15 is 0 Å². The van der Waals surface area contributed by atoms with Gasteiger partial charge < -0.3 is 9.47 Å². The first-order valence-electron chi connectivity index (χ1n) is 4.95. The third-order valence-corrected chi connectivity index (χ3v) is 1.79. The summed E-state index contributed by atoms with van der Waals surface area (Å²) < 4.78 is 9.24. The van der Waals surface area contributed by atoms with Crippen molar-refractivity contribution in [3.63, 3.8) is 0 Å². The molecule has 0 atom stereocenters. The van der Waals surface area contributed by atoms with Crippen LogP contribution in [-0.2, 0) is 14.3 Å². The molecule has 1 heterocycles. The Bertz CT molecular complexity index is 467. The zero-order valence-electron chi connectivity index (χ0n) is 9.57. The van der Waals surface area contributed by atoms with Gasteiger partial charge in [-0.3, -0.25) is 9.89 Å². The molecule has 0 aliphatic heterocycles. The Kier molecular flexibility index (Phi) is 4.76. The number of esters is 2. The van der Waals surface area contributed by atoms with Crippen LogP contribution in [0.3, 0.4) is 0 Å². The average Bonchev–Trinajstić information content (AvgIpc) is 2.77. The molecule has 6 heteroatoms. The maximum absolute atomic E-state index is 11.2. The van der Waals surface area contributed by atoms with Crippen LogP contribution in [0.2, 0.25) is 0 Å². The molecule has 1 rings (SSSR count). The van der Waals surface area contributed by atoms with E-state index in [0.29, 0.717) is 12.2 Å². The van der Waals surface area contributed by atoms with Gasteiger partial charge >= 0.3 is 11.9 Å². The first-order chi connectivity index (χ1) is 8.19. The highest BCUT2D eigenvalue weighted by atomic mass is 16.5. The van der Waals surface area contributed by atoms with Gasteiger partial charge in [-0.25, -0.2) is 4.79 Å². The van der Waals surface area contributed by atoms with E-state index in [4.69, 9.17) is 4.74 Å². The molecule has 90 valence electrons. The van der Waals surface area contributed by atoms with Crippen molar-refractivity contribution in [3.8, 4) is 11.8 Å². The quantitative estimate of drug-likeness (QED) is 0.610. The lowest BCUT2D eigenvalue weighted by Gasteiger charge is -1.95. The normalized spacial score (nSPS) is 9.06. The Morgan fingerprint density at radius 2 is 2.29 bits per heavy atom. The predicted octanol–water partition coefficient (Wildman–Crippen LogP) is 0.501. The smallest absolute Gasteiger partial charge is 0.357 e. The minimum Gasteiger partial charge on any atom is -0.465 e. The van der Waals surface area contributed by atoms with Crippen molar-refractivity contribution in [1.82, 2.24) is 10.2 Å². The first kappa shape index (κ1) is 12.8. The molecule has 0 aliphatic rings. The third kappa shape index (κ3) is 3.65. The Labute approximate surface area is 98.3 Å². The van der Waals surface area contributed by atoms with Gasteiger partial charge in [0.05, 0.1) is 25.5 Å². The summed E-state index contributed by atoms with van der Waals surface area (Å²) in [7, 11) is 1.26. The number of methoxy groups -OCH3 is 1. The molecule has 0 aliphatic carbocycles. The average molecular weight is 236 g/mol. The van der Waals surface area contributed by atoms with Crippen LogP contribution in [0, 0.1) is 11.8 Å². The molecular weight excluding hydrogens is 224 g/mol. The fourth-order valence-electron chi connectivity index (χ4n) is 1.06. The van der Waals surface area contributed by atoms with Gasteiger partial charge in [0.2, 0.25) is 0 Å². The van der Waals surface area contributed by atoms with E-state index in [1.807, 2.05) is 0 Å². The monoisotopic (exact) mass is 236 g/mol. The lowest BCUT2D eigenvalue weighted by Crippen LogP contribution is -2.04. The van der Waals surface area contributed by atoms with E-state index in [9.17, 15) is 9.59 Å². The van der Waals surface area contributed by atoms with Gasteiger partial charge in [-0.05, 0) is 6.92 Å². The Hall–Kier alpha value is -2.29. The predicted molar refractivity (Wildman–Crippen MR) is 58.1 cm³/mol. The number of H-pyrrole nitrogens is 1. The number of carbonyl (C=O) groups is 2. The van der Waals surface area contributed by atoms with Gasteiger partial charge in [-0.2, -0.15) is 5.10 Å². The molecule has 1 aromatic heterocycles. The molecule has 1 aromatic rings. The number of ether oxygens (including phenoxy) is 2. The van der Waals surface area contributed by atoms with Gasteiger partial charge in [0.15, 0.2) is 5.69 Å². The molecule has 0 fully saturated rings. The zero-order valence-corrected chi connectivity index (χ0v) is 9.57. The van der Waals surface area contributed by atoms with Gasteiger partial charge in [0.1, 0.15) is 6.42 Å². The standard InChI is InChI=1S/C11H12N2O4/c1-3-17-9(14)6-4-5-8-7-12-13-10(8)11(15)16-2/h7H,3,6H2,1-2H3,(H,12,13). The van der Waals surface area contributed by atoms with Crippen molar-refractivity contribution >= 4 is 11.9 Å². The number of rotatable bonds is 3. The first-order valence-corrected chi connectivity index (χ1v) is 4.95. The minimum absolute atomic E-state index is 0.0281. The number of hydrogen-bond acceptors (Lipinski definition) is 5. The van der Waals surface area contributed by atoms with E-state index in [2.05, 4.69) is 26.8 Å². The Morgan fingerprint density at radius 3 is 2.94 bits per heavy atom. The van der Waals surface area contributed by atoms with Gasteiger partial charge in [-0.15, -0.1) is 0 Å². The third-order valence-electron chi connectivity index (χ3n) is 1.79. The van der Waals surface area contributed by atoms with Gasteiger partial charge in [-0.1, -0.05) is 11.8 Å². The summed E-state index contributed by atoms with van der Waals surface area (Å²) in [5, 5.41) is 6.16. The van der Waals surface area contributed by atoms with Crippen LogP contribution in [0.25, 0.3) is 0 Å². The van der Waals surface area contributed by atoms with E-state index < -0.39 is 11.9 Å². The highest BCUT2D eigenvalue weighted by Gasteiger charge is 2.12. The van der Waals surface area contributed by atoms with E-state index in [1.165, 1.54) is 13.3 Å². The molecule has 6 nitrogen and oxygen atoms in total. The number of aromatic amines is 1. The van der Waals surface area contributed by atoms with E-state index in [-0.39, 0.29) is 12.1 Å². The molecule has 0 bridgehead atoms. The van der Waals surface area contributed by atoms with Crippen molar-refractivity contribution in [1.29, 1.82) is 0 Å². The summed E-state index contributed by atoms with van der Waals surface area (Å²) >= 11 is 0. The summed E-state index contributed by atoms with van der Waals surface area (Å²) in [6, 6.07) is 0. The lowest BCUT2D eigenvalue weighted by molar-refractivity contribution is -0.141. The van der Waals surface area contributed by atoms with Crippen molar-refractivity contribution in [2.75, 3.05) is 13.7 Å². The molecule has 0 unspecified atom stereocenters. The molecule has 0 amide bonds. The van der Waals surface area contributed by atoms with Crippen LogP contribution in [0.4, 0.5) is 0 Å². The summed E-state index contributed by atoms with van der Waals surface area (Å²) in [6.07, 6.45) is 1.37. The molecule has 0 saturated carbocycles. The molecule has 0 radical (unpaired) electrons. The second-order valence-electron chi connectivity index (χ2n) is 2.93. The molecule has 1 N–H and O–H groups in total. The number of carbonyl (C=O) groups excluding carboxylic acids is 2. The molecular formula is C11H12N2O4. The second-order valence-corrected chi connectivity index (χ2v) is 2.93. The summed E-state index contributed by atoms with van der Waals surface area (Å²) in [5.74, 6) is 4.30. The highest BCUT2D eigenvalue weighted by Crippen LogP contribution is 2.03. The Balaban J connectivity index is 2.69. The SMILES string of the molecule is CCOC(=O)CC#Cc1cn[nH]c1C(=O)OC. The van der Waals surface area contributed by atoms with Crippen molar-refractivity contribution in [2.24, 2.45) is 0 Å². The lowest BCUT2D eigenvalue weighted by atomic mass is 10.2. The summed E-state index contributed by atoms with van der Waals surface area (Å²) in [5.41, 5.74) is 0.560. The van der Waals surface area contributed by atoms with Crippen LogP contribution in [0.1, 0.15) is 29.4 Å². The summed E-state index contributed by atoms with van der Waals surface area (Å²) in [4.78, 5) is 22.2. The highest BCUT2D eigenvalue weighted by molar-refractivity contribution is 5.90. The van der Waals surface area contributed by atoms with Gasteiger partial charge in [0.25, 0.3) is 0 Å². The number of nitrogens with one attached hydrogen (secondary N) is 1. The molecule has 0 aromatic carbocycles. The van der Waals surface area contributed by atoms with Crippen molar-refractivity contribution in [3.05, 3.63) is 17.5 Å². The van der Waals surface area contributed by atoms with Crippen LogP contribution in [0.5, 0.6) is 0 Å². The molecule has 0 spiro atoms. The van der Waals surface area contributed by atoms with Crippen LogP contribution < -0.4 is 0 Å². The second kappa shape index (κ2) is 6.33. The largest absolute Gasteiger partial charge is 0.465 e. The molecule has 0 saturated heterocycles. The van der Waals surface area contributed by atoms with Gasteiger partial charge in [0, 0.05) is 0 Å². The fourth-order valence-corrected chi connectivity index (χ4v) is 1.06. The van der Waals surface area contributed by atoms with Crippen LogP contribution >= 0.6 is 0 Å². The van der Waals surface area contributed by atoms with E-state index in [0.717, 1.165) is 0 Å². The summed E-state index contributed by atoms with van der Waals surface area (Å²) in [6.45, 7) is 2.04. The minimum atomic E-state index is -0.553. The van der Waals surface area contributed by atoms with E-state index in [1.54, 1.807) is 6.92 Å². The number of nitrogens with zero attached hydrogens (tertiary/aromatic N) is 1. The maximum Gasteiger partial charge on any atom is 0.357 e. The fraction of sp³-hybridized carbons (Fsp3) is 0.364. The number of aromatic nitrogens is 2. The topological polar surface area (TPSA) is 81.3 Å². The van der Waals surface area contributed by atoms with Crippen LogP contribution in [0.15, 0.2) is 6.20 Å².